The first kappa shape index (κ1) is 10.4. The zero-order valence-corrected chi connectivity index (χ0v) is 8.96. The van der Waals surface area contributed by atoms with Crippen molar-refractivity contribution < 1.29 is 9.84 Å². The SMILES string of the molecule is Nc1ccc2sc(COCCO)nc2c1. The number of nitrogens with two attached hydrogens (primary N) is 1. The van der Waals surface area contributed by atoms with Crippen molar-refractivity contribution in [3.05, 3.63) is 23.2 Å². The van der Waals surface area contributed by atoms with Crippen LogP contribution in [0.25, 0.3) is 10.2 Å². The summed E-state index contributed by atoms with van der Waals surface area (Å²) in [6.07, 6.45) is 0. The molecule has 0 aliphatic carbocycles. The first-order chi connectivity index (χ1) is 7.29. The minimum Gasteiger partial charge on any atom is -0.399 e. The van der Waals surface area contributed by atoms with Crippen LogP contribution < -0.4 is 5.73 Å². The molecule has 0 spiro atoms. The Kier molecular flexibility index (Phi) is 3.15. The summed E-state index contributed by atoms with van der Waals surface area (Å²) >= 11 is 1.58. The fourth-order valence-electron chi connectivity index (χ4n) is 1.28. The van der Waals surface area contributed by atoms with Crippen LogP contribution in [-0.2, 0) is 11.3 Å². The molecule has 0 unspecified atom stereocenters. The summed E-state index contributed by atoms with van der Waals surface area (Å²) in [6.45, 7) is 0.829. The highest BCUT2D eigenvalue weighted by molar-refractivity contribution is 7.18. The number of thiazole rings is 1. The molecule has 1 heterocycles. The number of nitrogens with zero attached hydrogens (tertiary/aromatic N) is 1. The molecule has 2 rings (SSSR count). The lowest BCUT2D eigenvalue weighted by atomic mass is 10.3. The molecule has 0 aliphatic heterocycles. The lowest BCUT2D eigenvalue weighted by molar-refractivity contribution is 0.0815. The van der Waals surface area contributed by atoms with Crippen molar-refractivity contribution in [3.63, 3.8) is 0 Å². The predicted molar refractivity (Wildman–Crippen MR) is 60.8 cm³/mol. The molecule has 0 saturated heterocycles. The summed E-state index contributed by atoms with van der Waals surface area (Å²) in [5.41, 5.74) is 7.28. The van der Waals surface area contributed by atoms with Crippen LogP contribution in [0.15, 0.2) is 18.2 Å². The fourth-order valence-corrected chi connectivity index (χ4v) is 2.16. The average molecular weight is 224 g/mol. The van der Waals surface area contributed by atoms with Gasteiger partial charge in [-0.05, 0) is 18.2 Å². The van der Waals surface area contributed by atoms with E-state index >= 15 is 0 Å². The summed E-state index contributed by atoms with van der Waals surface area (Å²) in [5.74, 6) is 0. The molecule has 1 aromatic carbocycles. The molecule has 0 atom stereocenters. The van der Waals surface area contributed by atoms with Crippen molar-refractivity contribution >= 4 is 27.2 Å². The molecule has 4 nitrogen and oxygen atoms in total. The second-order valence-electron chi connectivity index (χ2n) is 3.11. The lowest BCUT2D eigenvalue weighted by Crippen LogP contribution is -1.98. The fraction of sp³-hybridized carbons (Fsp3) is 0.300. The summed E-state index contributed by atoms with van der Waals surface area (Å²) in [6, 6.07) is 5.66. The van der Waals surface area contributed by atoms with Crippen molar-refractivity contribution in [1.82, 2.24) is 4.98 Å². The molecule has 80 valence electrons. The zero-order chi connectivity index (χ0) is 10.7. The summed E-state index contributed by atoms with van der Waals surface area (Å²) in [7, 11) is 0. The van der Waals surface area contributed by atoms with E-state index in [4.69, 9.17) is 15.6 Å². The second-order valence-corrected chi connectivity index (χ2v) is 4.23. The minimum absolute atomic E-state index is 0.0395. The van der Waals surface area contributed by atoms with Gasteiger partial charge in [0.2, 0.25) is 0 Å². The van der Waals surface area contributed by atoms with Crippen molar-refractivity contribution in [2.45, 2.75) is 6.61 Å². The van der Waals surface area contributed by atoms with Crippen LogP contribution in [0.4, 0.5) is 5.69 Å². The first-order valence-electron chi connectivity index (χ1n) is 4.63. The molecule has 15 heavy (non-hydrogen) atoms. The van der Waals surface area contributed by atoms with E-state index < -0.39 is 0 Å². The molecule has 0 bridgehead atoms. The first-order valence-corrected chi connectivity index (χ1v) is 5.45. The molecular formula is C10H12N2O2S. The van der Waals surface area contributed by atoms with E-state index in [-0.39, 0.29) is 6.61 Å². The van der Waals surface area contributed by atoms with E-state index in [0.717, 1.165) is 20.9 Å². The van der Waals surface area contributed by atoms with Gasteiger partial charge in [-0.3, -0.25) is 0 Å². The Balaban J connectivity index is 2.16. The number of fused-ring (bicyclic) bond motifs is 1. The second kappa shape index (κ2) is 4.57. The third-order valence-electron chi connectivity index (χ3n) is 1.92. The van der Waals surface area contributed by atoms with Crippen molar-refractivity contribution in [2.24, 2.45) is 0 Å². The number of ether oxygens (including phenoxy) is 1. The van der Waals surface area contributed by atoms with Crippen molar-refractivity contribution in [2.75, 3.05) is 18.9 Å². The molecule has 0 amide bonds. The largest absolute Gasteiger partial charge is 0.399 e. The van der Waals surface area contributed by atoms with Crippen molar-refractivity contribution in [3.8, 4) is 0 Å². The van der Waals surface area contributed by atoms with E-state index in [0.29, 0.717) is 13.2 Å². The van der Waals surface area contributed by atoms with Crippen LogP contribution in [0.2, 0.25) is 0 Å². The van der Waals surface area contributed by atoms with Gasteiger partial charge in [-0.25, -0.2) is 4.98 Å². The van der Waals surface area contributed by atoms with Gasteiger partial charge in [0.15, 0.2) is 0 Å². The Morgan fingerprint density at radius 2 is 2.33 bits per heavy atom. The third-order valence-corrected chi connectivity index (χ3v) is 2.93. The minimum atomic E-state index is 0.0395. The van der Waals surface area contributed by atoms with Gasteiger partial charge in [-0.1, -0.05) is 0 Å². The van der Waals surface area contributed by atoms with Gasteiger partial charge >= 0.3 is 0 Å². The number of hydrogen-bond donors (Lipinski definition) is 2. The van der Waals surface area contributed by atoms with Crippen LogP contribution in [0.1, 0.15) is 5.01 Å². The molecule has 3 N–H and O–H groups in total. The normalized spacial score (nSPS) is 11.0. The Labute approximate surface area is 91.3 Å². The molecule has 0 saturated carbocycles. The van der Waals surface area contributed by atoms with Gasteiger partial charge in [0.25, 0.3) is 0 Å². The molecule has 0 aliphatic rings. The van der Waals surface area contributed by atoms with Gasteiger partial charge in [0.05, 0.1) is 30.0 Å². The average Bonchev–Trinajstić information content (AvgIpc) is 2.60. The number of nitrogen functional groups attached to an aromatic ring is 1. The predicted octanol–water partition coefficient (Wildman–Crippen LogP) is 1.39. The monoisotopic (exact) mass is 224 g/mol. The smallest absolute Gasteiger partial charge is 0.120 e. The summed E-state index contributed by atoms with van der Waals surface area (Å²) in [5, 5.41) is 9.47. The number of anilines is 1. The van der Waals surface area contributed by atoms with Gasteiger partial charge in [0.1, 0.15) is 5.01 Å². The Bertz CT molecular complexity index is 456. The molecule has 1 aromatic heterocycles. The number of aliphatic hydroxyl groups is 1. The van der Waals surface area contributed by atoms with Gasteiger partial charge < -0.3 is 15.6 Å². The van der Waals surface area contributed by atoms with Crippen LogP contribution in [0.5, 0.6) is 0 Å². The van der Waals surface area contributed by atoms with Gasteiger partial charge in [0, 0.05) is 5.69 Å². The number of benzene rings is 1. The van der Waals surface area contributed by atoms with E-state index in [1.807, 2.05) is 18.2 Å². The van der Waals surface area contributed by atoms with Crippen LogP contribution in [0, 0.1) is 0 Å². The van der Waals surface area contributed by atoms with E-state index in [9.17, 15) is 0 Å². The number of aliphatic hydroxyl groups excluding tert-OH is 1. The maximum absolute atomic E-state index is 8.56. The zero-order valence-electron chi connectivity index (χ0n) is 8.14. The molecule has 5 heteroatoms. The number of hydrogen-bond acceptors (Lipinski definition) is 5. The Morgan fingerprint density at radius 1 is 1.47 bits per heavy atom. The van der Waals surface area contributed by atoms with E-state index in [1.165, 1.54) is 0 Å². The summed E-state index contributed by atoms with van der Waals surface area (Å²) < 4.78 is 6.30. The highest BCUT2D eigenvalue weighted by Gasteiger charge is 2.03. The summed E-state index contributed by atoms with van der Waals surface area (Å²) in [4.78, 5) is 4.38. The Morgan fingerprint density at radius 3 is 3.13 bits per heavy atom. The van der Waals surface area contributed by atoms with E-state index in [1.54, 1.807) is 11.3 Å². The standard InChI is InChI=1S/C10H12N2O2S/c11-7-1-2-9-8(5-7)12-10(15-9)6-14-4-3-13/h1-2,5,13H,3-4,6,11H2. The maximum atomic E-state index is 8.56. The van der Waals surface area contributed by atoms with Gasteiger partial charge in [-0.2, -0.15) is 0 Å². The van der Waals surface area contributed by atoms with Crippen LogP contribution >= 0.6 is 11.3 Å². The lowest BCUT2D eigenvalue weighted by Gasteiger charge is -1.96. The highest BCUT2D eigenvalue weighted by atomic mass is 32.1. The van der Waals surface area contributed by atoms with E-state index in [2.05, 4.69) is 4.98 Å². The molecule has 2 aromatic rings. The van der Waals surface area contributed by atoms with Crippen LogP contribution in [-0.4, -0.2) is 23.3 Å². The topological polar surface area (TPSA) is 68.4 Å². The number of rotatable bonds is 4. The third kappa shape index (κ3) is 2.44. The van der Waals surface area contributed by atoms with Crippen molar-refractivity contribution in [1.29, 1.82) is 0 Å². The quantitative estimate of drug-likeness (QED) is 0.608. The molecule has 0 radical (unpaired) electrons. The maximum Gasteiger partial charge on any atom is 0.120 e. The Hall–Kier alpha value is -1.17. The van der Waals surface area contributed by atoms with Crippen LogP contribution in [0.3, 0.4) is 0 Å². The molecular weight excluding hydrogens is 212 g/mol. The number of aromatic nitrogens is 1. The highest BCUT2D eigenvalue weighted by Crippen LogP contribution is 2.24. The van der Waals surface area contributed by atoms with Gasteiger partial charge in [-0.15, -0.1) is 11.3 Å². The molecule has 0 fully saturated rings.